The number of pyridine rings is 1. The average molecular weight is 302 g/mol. The summed E-state index contributed by atoms with van der Waals surface area (Å²) in [6.07, 6.45) is 7.15. The van der Waals surface area contributed by atoms with Crippen LogP contribution in [0.3, 0.4) is 0 Å². The molecule has 2 N–H and O–H groups in total. The Labute approximate surface area is 130 Å². The molecule has 6 nitrogen and oxygen atoms in total. The molecule has 2 aromatic rings. The number of amides is 1. The van der Waals surface area contributed by atoms with Crippen molar-refractivity contribution in [3.05, 3.63) is 36.3 Å². The molecule has 118 valence electrons. The number of aromatic nitrogens is 3. The molecule has 0 saturated heterocycles. The summed E-state index contributed by atoms with van der Waals surface area (Å²) in [6.45, 7) is 3.26. The van der Waals surface area contributed by atoms with Crippen molar-refractivity contribution in [3.63, 3.8) is 0 Å². The fourth-order valence-corrected chi connectivity index (χ4v) is 2.22. The number of unbranched alkanes of at least 4 members (excludes halogenated alkanes) is 3. The van der Waals surface area contributed by atoms with Crippen molar-refractivity contribution in [2.45, 2.75) is 39.2 Å². The highest BCUT2D eigenvalue weighted by Crippen LogP contribution is 2.16. The number of aryl methyl sites for hydroxylation is 2. The van der Waals surface area contributed by atoms with Gasteiger partial charge in [0.25, 0.3) is 0 Å². The van der Waals surface area contributed by atoms with Gasteiger partial charge in [-0.2, -0.15) is 5.10 Å². The second-order valence-electron chi connectivity index (χ2n) is 5.24. The van der Waals surface area contributed by atoms with E-state index in [0.29, 0.717) is 6.61 Å². The van der Waals surface area contributed by atoms with Crippen LogP contribution in [0, 0.1) is 6.92 Å². The van der Waals surface area contributed by atoms with Crippen LogP contribution in [-0.4, -0.2) is 27.5 Å². The Morgan fingerprint density at radius 2 is 2.09 bits per heavy atom. The van der Waals surface area contributed by atoms with E-state index in [9.17, 15) is 4.79 Å². The van der Waals surface area contributed by atoms with E-state index in [1.54, 1.807) is 0 Å². The molecular weight excluding hydrogens is 280 g/mol. The minimum absolute atomic E-state index is 0.403. The summed E-state index contributed by atoms with van der Waals surface area (Å²) in [7, 11) is 0. The van der Waals surface area contributed by atoms with Crippen molar-refractivity contribution >= 4 is 6.09 Å². The van der Waals surface area contributed by atoms with Crippen LogP contribution in [0.1, 0.15) is 31.4 Å². The second-order valence-corrected chi connectivity index (χ2v) is 5.24. The number of ether oxygens (including phenoxy) is 1. The lowest BCUT2D eigenvalue weighted by Crippen LogP contribution is -2.13. The van der Waals surface area contributed by atoms with Gasteiger partial charge in [0.05, 0.1) is 18.5 Å². The molecule has 0 unspecified atom stereocenters. The summed E-state index contributed by atoms with van der Waals surface area (Å²) < 4.78 is 6.63. The van der Waals surface area contributed by atoms with Gasteiger partial charge in [0.15, 0.2) is 0 Å². The fourth-order valence-electron chi connectivity index (χ4n) is 2.22. The highest BCUT2D eigenvalue weighted by atomic mass is 16.5. The van der Waals surface area contributed by atoms with E-state index in [1.807, 2.05) is 42.2 Å². The van der Waals surface area contributed by atoms with Crippen molar-refractivity contribution in [1.29, 1.82) is 0 Å². The van der Waals surface area contributed by atoms with Gasteiger partial charge >= 0.3 is 6.09 Å². The van der Waals surface area contributed by atoms with Crippen molar-refractivity contribution in [2.24, 2.45) is 5.73 Å². The smallest absolute Gasteiger partial charge is 0.404 e. The molecular formula is C16H22N4O2. The van der Waals surface area contributed by atoms with Crippen LogP contribution in [-0.2, 0) is 11.3 Å². The summed E-state index contributed by atoms with van der Waals surface area (Å²) in [4.78, 5) is 14.9. The lowest BCUT2D eigenvalue weighted by atomic mass is 10.2. The fraction of sp³-hybridized carbons (Fsp3) is 0.438. The van der Waals surface area contributed by atoms with Crippen LogP contribution in [0.5, 0.6) is 0 Å². The predicted octanol–water partition coefficient (Wildman–Crippen LogP) is 2.91. The maximum atomic E-state index is 10.4. The Morgan fingerprint density at radius 3 is 2.86 bits per heavy atom. The molecule has 0 saturated carbocycles. The van der Waals surface area contributed by atoms with Gasteiger partial charge in [-0.1, -0.05) is 12.5 Å². The van der Waals surface area contributed by atoms with E-state index >= 15 is 0 Å². The first-order valence-electron chi connectivity index (χ1n) is 7.54. The van der Waals surface area contributed by atoms with Gasteiger partial charge in [-0.05, 0) is 38.3 Å². The topological polar surface area (TPSA) is 83.0 Å². The van der Waals surface area contributed by atoms with Crippen molar-refractivity contribution in [3.8, 4) is 11.3 Å². The predicted molar refractivity (Wildman–Crippen MR) is 84.2 cm³/mol. The second kappa shape index (κ2) is 8.17. The molecule has 0 fully saturated rings. The first-order valence-corrected chi connectivity index (χ1v) is 7.54. The van der Waals surface area contributed by atoms with E-state index in [0.717, 1.165) is 49.2 Å². The number of hydrogen-bond donors (Lipinski definition) is 1. The number of hydrogen-bond acceptors (Lipinski definition) is 4. The molecule has 2 rings (SSSR count). The number of nitrogens with zero attached hydrogens (tertiary/aromatic N) is 3. The highest BCUT2D eigenvalue weighted by molar-refractivity contribution is 5.64. The Bertz CT molecular complexity index is 610. The van der Waals surface area contributed by atoms with Gasteiger partial charge in [-0.25, -0.2) is 4.79 Å². The minimum Gasteiger partial charge on any atom is -0.450 e. The molecule has 0 atom stereocenters. The van der Waals surface area contributed by atoms with Crippen molar-refractivity contribution in [1.82, 2.24) is 14.8 Å². The van der Waals surface area contributed by atoms with Gasteiger partial charge in [0.1, 0.15) is 0 Å². The number of carbonyl (C=O) groups is 1. The number of rotatable bonds is 8. The molecule has 0 aliphatic rings. The summed E-state index contributed by atoms with van der Waals surface area (Å²) in [6, 6.07) is 5.98. The van der Waals surface area contributed by atoms with E-state index in [4.69, 9.17) is 5.73 Å². The van der Waals surface area contributed by atoms with Gasteiger partial charge in [-0.3, -0.25) is 9.67 Å². The third-order valence-electron chi connectivity index (χ3n) is 3.34. The Morgan fingerprint density at radius 1 is 1.27 bits per heavy atom. The Balaban J connectivity index is 1.70. The molecule has 2 heterocycles. The van der Waals surface area contributed by atoms with Gasteiger partial charge in [-0.15, -0.1) is 0 Å². The molecule has 0 bridgehead atoms. The average Bonchev–Trinajstić information content (AvgIpc) is 2.95. The molecule has 2 aromatic heterocycles. The standard InChI is InChI=1S/C16H22N4O2/c1-13-7-6-8-15(19-13)14-11-18-20(12-14)9-4-2-3-5-10-22-16(17)21/h6-8,11-12H,2-5,9-10H2,1H3,(H2,17,21). The van der Waals surface area contributed by atoms with E-state index in [1.165, 1.54) is 0 Å². The molecule has 6 heteroatoms. The third kappa shape index (κ3) is 5.20. The molecule has 1 amide bonds. The molecule has 0 aliphatic carbocycles. The lowest BCUT2D eigenvalue weighted by Gasteiger charge is -2.03. The minimum atomic E-state index is -0.700. The number of carbonyl (C=O) groups excluding carboxylic acids is 1. The molecule has 0 spiro atoms. The van der Waals surface area contributed by atoms with Crippen LogP contribution in [0.15, 0.2) is 30.6 Å². The van der Waals surface area contributed by atoms with Crippen LogP contribution in [0.25, 0.3) is 11.3 Å². The van der Waals surface area contributed by atoms with Crippen molar-refractivity contribution in [2.75, 3.05) is 6.61 Å². The van der Waals surface area contributed by atoms with Gasteiger partial charge in [0, 0.05) is 24.0 Å². The monoisotopic (exact) mass is 302 g/mol. The Kier molecular flexibility index (Phi) is 5.94. The maximum Gasteiger partial charge on any atom is 0.404 e. The quantitative estimate of drug-likeness (QED) is 0.760. The largest absolute Gasteiger partial charge is 0.450 e. The van der Waals surface area contributed by atoms with Gasteiger partial charge < -0.3 is 10.5 Å². The summed E-state index contributed by atoms with van der Waals surface area (Å²) in [5.74, 6) is 0. The third-order valence-corrected chi connectivity index (χ3v) is 3.34. The van der Waals surface area contributed by atoms with Crippen molar-refractivity contribution < 1.29 is 9.53 Å². The van der Waals surface area contributed by atoms with Crippen LogP contribution >= 0.6 is 0 Å². The van der Waals surface area contributed by atoms with Gasteiger partial charge in [0.2, 0.25) is 0 Å². The number of primary amides is 1. The molecule has 0 aromatic carbocycles. The zero-order valence-corrected chi connectivity index (χ0v) is 12.9. The first-order chi connectivity index (χ1) is 10.6. The first kappa shape index (κ1) is 16.0. The highest BCUT2D eigenvalue weighted by Gasteiger charge is 2.03. The maximum absolute atomic E-state index is 10.4. The zero-order chi connectivity index (χ0) is 15.8. The normalized spacial score (nSPS) is 10.6. The molecule has 22 heavy (non-hydrogen) atoms. The summed E-state index contributed by atoms with van der Waals surface area (Å²) >= 11 is 0. The lowest BCUT2D eigenvalue weighted by molar-refractivity contribution is 0.154. The van der Waals surface area contributed by atoms with Crippen LogP contribution in [0.2, 0.25) is 0 Å². The Hall–Kier alpha value is -2.37. The van der Waals surface area contributed by atoms with E-state index in [-0.39, 0.29) is 0 Å². The SMILES string of the molecule is Cc1cccc(-c2cnn(CCCCCCOC(N)=O)c2)n1. The van der Waals surface area contributed by atoms with Crippen LogP contribution in [0.4, 0.5) is 4.79 Å². The van der Waals surface area contributed by atoms with Crippen LogP contribution < -0.4 is 5.73 Å². The molecule has 0 radical (unpaired) electrons. The van der Waals surface area contributed by atoms with E-state index in [2.05, 4.69) is 14.8 Å². The van der Waals surface area contributed by atoms with E-state index < -0.39 is 6.09 Å². The zero-order valence-electron chi connectivity index (χ0n) is 12.9. The summed E-state index contributed by atoms with van der Waals surface area (Å²) in [5, 5.41) is 4.37. The number of nitrogens with two attached hydrogens (primary N) is 1. The molecule has 0 aliphatic heterocycles. The summed E-state index contributed by atoms with van der Waals surface area (Å²) in [5.41, 5.74) is 7.89.